The molecule has 0 atom stereocenters. The van der Waals surface area contributed by atoms with Crippen LogP contribution in [0.25, 0.3) is 21.9 Å². The number of aryl methyl sites for hydroxylation is 1. The molecule has 4 nitrogen and oxygen atoms in total. The molecular formula is C14H13N3O. The van der Waals surface area contributed by atoms with Crippen molar-refractivity contribution in [3.05, 3.63) is 52.8 Å². The summed E-state index contributed by atoms with van der Waals surface area (Å²) in [6.07, 6.45) is 0. The van der Waals surface area contributed by atoms with Gasteiger partial charge in [-0.1, -0.05) is 42.5 Å². The van der Waals surface area contributed by atoms with E-state index >= 15 is 0 Å². The molecule has 3 N–H and O–H groups in total. The van der Waals surface area contributed by atoms with E-state index in [1.54, 1.807) is 7.05 Å². The third kappa shape index (κ3) is 1.43. The van der Waals surface area contributed by atoms with Gasteiger partial charge in [0.2, 0.25) is 0 Å². The summed E-state index contributed by atoms with van der Waals surface area (Å²) in [6.45, 7) is 0. The molecule has 0 saturated carbocycles. The number of hydrogen-bond donors (Lipinski definition) is 2. The van der Waals surface area contributed by atoms with Gasteiger partial charge in [0.15, 0.2) is 0 Å². The average Bonchev–Trinajstić information content (AvgIpc) is 2.63. The number of nitrogens with one attached hydrogen (secondary N) is 1. The number of aromatic amines is 1. The molecule has 1 aromatic heterocycles. The Kier molecular flexibility index (Phi) is 2.23. The molecule has 4 heteroatoms. The maximum absolute atomic E-state index is 12.1. The van der Waals surface area contributed by atoms with Gasteiger partial charge in [-0.05, 0) is 16.3 Å². The Bertz CT molecular complexity index is 778. The normalized spacial score (nSPS) is 10.9. The molecule has 0 radical (unpaired) electrons. The van der Waals surface area contributed by atoms with Crippen LogP contribution in [0.3, 0.4) is 0 Å². The van der Waals surface area contributed by atoms with Crippen LogP contribution in [0.2, 0.25) is 0 Å². The first kappa shape index (κ1) is 10.7. The van der Waals surface area contributed by atoms with Crippen LogP contribution in [-0.2, 0) is 7.05 Å². The van der Waals surface area contributed by atoms with Crippen molar-refractivity contribution in [3.8, 4) is 11.1 Å². The summed E-state index contributed by atoms with van der Waals surface area (Å²) in [6, 6.07) is 13.8. The SMILES string of the molecule is Cn1[nH]c(N)c(-c2cccc3ccccc23)c1=O. The lowest BCUT2D eigenvalue weighted by atomic mass is 10.00. The Hall–Kier alpha value is -2.49. The first-order valence-corrected chi connectivity index (χ1v) is 5.71. The summed E-state index contributed by atoms with van der Waals surface area (Å²) in [7, 11) is 1.66. The lowest BCUT2D eigenvalue weighted by Crippen LogP contribution is -2.13. The number of aromatic nitrogens is 2. The fourth-order valence-electron chi connectivity index (χ4n) is 2.27. The first-order chi connectivity index (χ1) is 8.68. The third-order valence-electron chi connectivity index (χ3n) is 3.13. The molecule has 1 heterocycles. The van der Waals surface area contributed by atoms with Crippen molar-refractivity contribution in [1.82, 2.24) is 9.78 Å². The van der Waals surface area contributed by atoms with Crippen LogP contribution in [0.15, 0.2) is 47.3 Å². The van der Waals surface area contributed by atoms with Crippen molar-refractivity contribution in [1.29, 1.82) is 0 Å². The Balaban J connectivity index is 2.42. The lowest BCUT2D eigenvalue weighted by molar-refractivity contribution is 0.744. The zero-order valence-corrected chi connectivity index (χ0v) is 9.97. The van der Waals surface area contributed by atoms with Gasteiger partial charge in [-0.2, -0.15) is 0 Å². The average molecular weight is 239 g/mol. The molecule has 2 aromatic carbocycles. The molecule has 0 saturated heterocycles. The number of fused-ring (bicyclic) bond motifs is 1. The van der Waals surface area contributed by atoms with Gasteiger partial charge < -0.3 is 5.73 Å². The van der Waals surface area contributed by atoms with Crippen LogP contribution < -0.4 is 11.3 Å². The number of nitrogens with zero attached hydrogens (tertiary/aromatic N) is 1. The van der Waals surface area contributed by atoms with Gasteiger partial charge in [-0.25, -0.2) is 0 Å². The van der Waals surface area contributed by atoms with E-state index in [2.05, 4.69) is 5.10 Å². The Morgan fingerprint density at radius 2 is 1.83 bits per heavy atom. The lowest BCUT2D eigenvalue weighted by Gasteiger charge is -2.04. The maximum Gasteiger partial charge on any atom is 0.276 e. The number of anilines is 1. The van der Waals surface area contributed by atoms with Gasteiger partial charge in [-0.15, -0.1) is 0 Å². The summed E-state index contributed by atoms with van der Waals surface area (Å²) < 4.78 is 1.40. The monoisotopic (exact) mass is 239 g/mol. The standard InChI is InChI=1S/C14H13N3O/c1-17-14(18)12(13(15)16-17)11-8-4-6-9-5-2-3-7-10(9)11/h2-8,16H,15H2,1H3. The van der Waals surface area contributed by atoms with E-state index in [4.69, 9.17) is 5.73 Å². The molecule has 0 bridgehead atoms. The largest absolute Gasteiger partial charge is 0.383 e. The summed E-state index contributed by atoms with van der Waals surface area (Å²) in [5, 5.41) is 4.95. The van der Waals surface area contributed by atoms with E-state index in [9.17, 15) is 4.79 Å². The van der Waals surface area contributed by atoms with Crippen LogP contribution in [0.4, 0.5) is 5.82 Å². The van der Waals surface area contributed by atoms with Crippen molar-refractivity contribution in [2.45, 2.75) is 0 Å². The van der Waals surface area contributed by atoms with Crippen LogP contribution in [0.1, 0.15) is 0 Å². The fraction of sp³-hybridized carbons (Fsp3) is 0.0714. The molecular weight excluding hydrogens is 226 g/mol. The van der Waals surface area contributed by atoms with Gasteiger partial charge in [0.05, 0.1) is 5.56 Å². The Morgan fingerprint density at radius 1 is 1.11 bits per heavy atom. The topological polar surface area (TPSA) is 63.8 Å². The van der Waals surface area contributed by atoms with Crippen molar-refractivity contribution in [3.63, 3.8) is 0 Å². The third-order valence-corrected chi connectivity index (χ3v) is 3.13. The molecule has 0 unspecified atom stereocenters. The highest BCUT2D eigenvalue weighted by molar-refractivity contribution is 5.98. The summed E-state index contributed by atoms with van der Waals surface area (Å²) in [5.74, 6) is 0.402. The highest BCUT2D eigenvalue weighted by Crippen LogP contribution is 2.28. The van der Waals surface area contributed by atoms with E-state index in [1.807, 2.05) is 42.5 Å². The highest BCUT2D eigenvalue weighted by Gasteiger charge is 2.14. The second-order valence-electron chi connectivity index (χ2n) is 4.29. The molecule has 90 valence electrons. The predicted molar refractivity (Wildman–Crippen MR) is 73.4 cm³/mol. The van der Waals surface area contributed by atoms with Crippen molar-refractivity contribution < 1.29 is 0 Å². The maximum atomic E-state index is 12.1. The van der Waals surface area contributed by atoms with E-state index in [-0.39, 0.29) is 5.56 Å². The molecule has 3 rings (SSSR count). The fourth-order valence-corrected chi connectivity index (χ4v) is 2.27. The number of nitrogens with two attached hydrogens (primary N) is 1. The summed E-state index contributed by atoms with van der Waals surface area (Å²) >= 11 is 0. The minimum absolute atomic E-state index is 0.108. The second-order valence-corrected chi connectivity index (χ2v) is 4.29. The highest BCUT2D eigenvalue weighted by atomic mass is 16.1. The second kappa shape index (κ2) is 3.77. The number of nitrogen functional groups attached to an aromatic ring is 1. The van der Waals surface area contributed by atoms with Crippen molar-refractivity contribution in [2.75, 3.05) is 5.73 Å². The van der Waals surface area contributed by atoms with E-state index in [1.165, 1.54) is 4.68 Å². The van der Waals surface area contributed by atoms with Gasteiger partial charge >= 0.3 is 0 Å². The Morgan fingerprint density at radius 3 is 2.56 bits per heavy atom. The van der Waals surface area contributed by atoms with E-state index < -0.39 is 0 Å². The van der Waals surface area contributed by atoms with Crippen LogP contribution in [0.5, 0.6) is 0 Å². The predicted octanol–water partition coefficient (Wildman–Crippen LogP) is 2.12. The van der Waals surface area contributed by atoms with Crippen molar-refractivity contribution >= 4 is 16.6 Å². The van der Waals surface area contributed by atoms with Gasteiger partial charge in [0.25, 0.3) is 5.56 Å². The molecule has 0 aliphatic rings. The quantitative estimate of drug-likeness (QED) is 0.683. The zero-order chi connectivity index (χ0) is 12.7. The molecule has 0 spiro atoms. The van der Waals surface area contributed by atoms with E-state index in [0.717, 1.165) is 16.3 Å². The summed E-state index contributed by atoms with van der Waals surface area (Å²) in [5.41, 5.74) is 7.19. The number of hydrogen-bond acceptors (Lipinski definition) is 2. The number of rotatable bonds is 1. The number of H-pyrrole nitrogens is 1. The minimum Gasteiger partial charge on any atom is -0.383 e. The molecule has 0 fully saturated rings. The minimum atomic E-state index is -0.108. The van der Waals surface area contributed by atoms with Gasteiger partial charge in [0, 0.05) is 7.05 Å². The van der Waals surface area contributed by atoms with Crippen molar-refractivity contribution in [2.24, 2.45) is 7.05 Å². The van der Waals surface area contributed by atoms with Gasteiger partial charge in [-0.3, -0.25) is 14.6 Å². The van der Waals surface area contributed by atoms with E-state index in [0.29, 0.717) is 11.4 Å². The molecule has 0 aliphatic heterocycles. The van der Waals surface area contributed by atoms with Crippen LogP contribution in [0, 0.1) is 0 Å². The molecule has 18 heavy (non-hydrogen) atoms. The first-order valence-electron chi connectivity index (χ1n) is 5.71. The zero-order valence-electron chi connectivity index (χ0n) is 9.97. The summed E-state index contributed by atoms with van der Waals surface area (Å²) in [4.78, 5) is 12.1. The molecule has 0 aliphatic carbocycles. The molecule has 3 aromatic rings. The smallest absolute Gasteiger partial charge is 0.276 e. The molecule has 0 amide bonds. The van der Waals surface area contributed by atoms with Crippen LogP contribution >= 0.6 is 0 Å². The van der Waals surface area contributed by atoms with Gasteiger partial charge in [0.1, 0.15) is 5.82 Å². The van der Waals surface area contributed by atoms with Crippen LogP contribution in [-0.4, -0.2) is 9.78 Å². The number of benzene rings is 2. The Labute approximate surface area is 104 Å².